The number of likely N-dealkylation sites (N-methyl/N-ethyl adjacent to an activating group) is 1. The van der Waals surface area contributed by atoms with Gasteiger partial charge in [-0.15, -0.1) is 0 Å². The maximum atomic E-state index is 13.1. The highest BCUT2D eigenvalue weighted by atomic mass is 32.2. The number of nitrogens with zero attached hydrogens (tertiary/aromatic N) is 1. The van der Waals surface area contributed by atoms with Crippen LogP contribution in [0.1, 0.15) is 25.5 Å². The van der Waals surface area contributed by atoms with Crippen LogP contribution in [0.2, 0.25) is 0 Å². The van der Waals surface area contributed by atoms with Gasteiger partial charge in [-0.3, -0.25) is 4.79 Å². The minimum atomic E-state index is -3.89. The molecule has 7 nitrogen and oxygen atoms in total. The van der Waals surface area contributed by atoms with Crippen LogP contribution in [0.25, 0.3) is 10.8 Å². The third kappa shape index (κ3) is 6.14. The zero-order valence-electron chi connectivity index (χ0n) is 20.3. The highest BCUT2D eigenvalue weighted by Crippen LogP contribution is 2.23. The molecule has 0 heterocycles. The minimum absolute atomic E-state index is 0.107. The summed E-state index contributed by atoms with van der Waals surface area (Å²) in [5, 5.41) is 4.71. The number of nitrogens with one attached hydrogen (secondary N) is 2. The SMILES string of the molecule is COc1cccc([C@H](CNC(=O)[C@@H](NS(=O)(=O)c2ccc3ccccc3c2)C(C)C)N(C)C)c1. The van der Waals surface area contributed by atoms with E-state index in [2.05, 4.69) is 10.0 Å². The fraction of sp³-hybridized carbons (Fsp3) is 0.346. The molecule has 0 aromatic heterocycles. The largest absolute Gasteiger partial charge is 0.497 e. The van der Waals surface area contributed by atoms with Crippen molar-refractivity contribution in [2.75, 3.05) is 27.7 Å². The van der Waals surface area contributed by atoms with Gasteiger partial charge in [-0.1, -0.05) is 56.3 Å². The number of hydrogen-bond donors (Lipinski definition) is 2. The Morgan fingerprint density at radius 3 is 2.32 bits per heavy atom. The second-order valence-corrected chi connectivity index (χ2v) is 10.6. The summed E-state index contributed by atoms with van der Waals surface area (Å²) in [7, 11) is 1.58. The average molecular weight is 484 g/mol. The Morgan fingerprint density at radius 2 is 1.68 bits per heavy atom. The molecule has 182 valence electrons. The molecule has 3 aromatic rings. The van der Waals surface area contributed by atoms with Gasteiger partial charge < -0.3 is 15.0 Å². The van der Waals surface area contributed by atoms with Crippen molar-refractivity contribution in [3.05, 3.63) is 72.3 Å². The van der Waals surface area contributed by atoms with Gasteiger partial charge in [0.05, 0.1) is 18.0 Å². The lowest BCUT2D eigenvalue weighted by Gasteiger charge is -2.27. The second kappa shape index (κ2) is 11.0. The van der Waals surface area contributed by atoms with Gasteiger partial charge in [0.15, 0.2) is 0 Å². The van der Waals surface area contributed by atoms with Crippen LogP contribution in [0.15, 0.2) is 71.6 Å². The van der Waals surface area contributed by atoms with E-state index in [9.17, 15) is 13.2 Å². The molecule has 0 radical (unpaired) electrons. The van der Waals surface area contributed by atoms with E-state index in [4.69, 9.17) is 4.74 Å². The number of sulfonamides is 1. The van der Waals surface area contributed by atoms with Gasteiger partial charge in [-0.05, 0) is 60.6 Å². The van der Waals surface area contributed by atoms with Gasteiger partial charge in [0.25, 0.3) is 0 Å². The lowest BCUT2D eigenvalue weighted by atomic mass is 10.0. The van der Waals surface area contributed by atoms with Crippen molar-refractivity contribution in [1.82, 2.24) is 14.9 Å². The van der Waals surface area contributed by atoms with Crippen molar-refractivity contribution < 1.29 is 17.9 Å². The summed E-state index contributed by atoms with van der Waals surface area (Å²) in [6.07, 6.45) is 0. The van der Waals surface area contributed by atoms with Gasteiger partial charge in [0, 0.05) is 6.54 Å². The summed E-state index contributed by atoms with van der Waals surface area (Å²) in [6, 6.07) is 19.2. The van der Waals surface area contributed by atoms with Crippen LogP contribution in [-0.4, -0.2) is 53.0 Å². The van der Waals surface area contributed by atoms with E-state index in [1.165, 1.54) is 0 Å². The summed E-state index contributed by atoms with van der Waals surface area (Å²) in [6.45, 7) is 3.96. The highest BCUT2D eigenvalue weighted by molar-refractivity contribution is 7.89. The molecule has 3 aromatic carbocycles. The Balaban J connectivity index is 1.76. The van der Waals surface area contributed by atoms with E-state index in [1.54, 1.807) is 25.3 Å². The third-order valence-electron chi connectivity index (χ3n) is 5.83. The molecule has 0 spiro atoms. The second-order valence-electron chi connectivity index (χ2n) is 8.85. The number of fused-ring (bicyclic) bond motifs is 1. The molecular weight excluding hydrogens is 450 g/mol. The number of amides is 1. The number of carbonyl (C=O) groups excluding carboxylic acids is 1. The molecule has 3 rings (SSSR count). The van der Waals surface area contributed by atoms with Crippen LogP contribution >= 0.6 is 0 Å². The first-order valence-corrected chi connectivity index (χ1v) is 12.7. The Kier molecular flexibility index (Phi) is 8.30. The number of hydrogen-bond acceptors (Lipinski definition) is 5. The summed E-state index contributed by atoms with van der Waals surface area (Å²) < 4.78 is 34.2. The monoisotopic (exact) mass is 483 g/mol. The van der Waals surface area contributed by atoms with Gasteiger partial charge in [-0.25, -0.2) is 8.42 Å². The van der Waals surface area contributed by atoms with Gasteiger partial charge in [-0.2, -0.15) is 4.72 Å². The summed E-state index contributed by atoms with van der Waals surface area (Å²) >= 11 is 0. The number of carbonyl (C=O) groups is 1. The first kappa shape index (κ1) is 25.7. The molecule has 1 amide bonds. The van der Waals surface area contributed by atoms with E-state index in [0.717, 1.165) is 22.1 Å². The number of ether oxygens (including phenoxy) is 1. The first-order valence-electron chi connectivity index (χ1n) is 11.2. The Hall–Kier alpha value is -2.94. The predicted molar refractivity (Wildman–Crippen MR) is 135 cm³/mol. The minimum Gasteiger partial charge on any atom is -0.497 e. The molecule has 0 aliphatic rings. The molecule has 2 N–H and O–H groups in total. The van der Waals surface area contributed by atoms with E-state index in [-0.39, 0.29) is 22.8 Å². The molecule has 34 heavy (non-hydrogen) atoms. The van der Waals surface area contributed by atoms with Gasteiger partial charge in [0.2, 0.25) is 15.9 Å². The fourth-order valence-electron chi connectivity index (χ4n) is 3.82. The van der Waals surface area contributed by atoms with Crippen LogP contribution in [0.4, 0.5) is 0 Å². The van der Waals surface area contributed by atoms with Crippen molar-refractivity contribution >= 4 is 26.7 Å². The van der Waals surface area contributed by atoms with E-state index < -0.39 is 16.1 Å². The van der Waals surface area contributed by atoms with E-state index in [1.807, 2.05) is 81.4 Å². The van der Waals surface area contributed by atoms with Crippen LogP contribution in [0.3, 0.4) is 0 Å². The van der Waals surface area contributed by atoms with Crippen LogP contribution < -0.4 is 14.8 Å². The zero-order chi connectivity index (χ0) is 24.9. The van der Waals surface area contributed by atoms with Crippen LogP contribution in [0, 0.1) is 5.92 Å². The Morgan fingerprint density at radius 1 is 0.971 bits per heavy atom. The predicted octanol–water partition coefficient (Wildman–Crippen LogP) is 3.57. The molecule has 0 fully saturated rings. The number of rotatable bonds is 10. The molecule has 0 aliphatic carbocycles. The normalized spacial score (nSPS) is 13.7. The van der Waals surface area contributed by atoms with Crippen molar-refractivity contribution in [3.8, 4) is 5.75 Å². The topological polar surface area (TPSA) is 87.7 Å². The van der Waals surface area contributed by atoms with Crippen molar-refractivity contribution in [1.29, 1.82) is 0 Å². The van der Waals surface area contributed by atoms with Crippen molar-refractivity contribution in [3.63, 3.8) is 0 Å². The maximum absolute atomic E-state index is 13.1. The molecule has 2 atom stereocenters. The zero-order valence-corrected chi connectivity index (χ0v) is 21.1. The molecule has 0 unspecified atom stereocenters. The highest BCUT2D eigenvalue weighted by Gasteiger charge is 2.29. The molecule has 0 saturated carbocycles. The average Bonchev–Trinajstić information content (AvgIpc) is 2.82. The third-order valence-corrected chi connectivity index (χ3v) is 7.27. The maximum Gasteiger partial charge on any atom is 0.241 e. The summed E-state index contributed by atoms with van der Waals surface area (Å²) in [5.74, 6) is 0.123. The van der Waals surface area contributed by atoms with Crippen LogP contribution in [-0.2, 0) is 14.8 Å². The standard InChI is InChI=1S/C26H33N3O4S/c1-18(2)25(28-34(31,32)23-14-13-19-9-6-7-10-20(19)16-23)26(30)27-17-24(29(3)4)21-11-8-12-22(15-21)33-5/h6-16,18,24-25,28H,17H2,1-5H3,(H,27,30)/t24-,25-/m0/s1. The lowest BCUT2D eigenvalue weighted by Crippen LogP contribution is -2.50. The summed E-state index contributed by atoms with van der Waals surface area (Å²) in [5.41, 5.74) is 0.988. The number of benzene rings is 3. The lowest BCUT2D eigenvalue weighted by molar-refractivity contribution is -0.123. The van der Waals surface area contributed by atoms with E-state index >= 15 is 0 Å². The molecular formula is C26H33N3O4S. The van der Waals surface area contributed by atoms with E-state index in [0.29, 0.717) is 6.54 Å². The fourth-order valence-corrected chi connectivity index (χ4v) is 5.20. The Bertz CT molecular complexity index is 1240. The first-order chi connectivity index (χ1) is 16.1. The molecule has 0 bridgehead atoms. The van der Waals surface area contributed by atoms with Crippen molar-refractivity contribution in [2.45, 2.75) is 30.8 Å². The van der Waals surface area contributed by atoms with Gasteiger partial charge in [0.1, 0.15) is 11.8 Å². The molecule has 8 heteroatoms. The quantitative estimate of drug-likeness (QED) is 0.460. The van der Waals surface area contributed by atoms with Crippen molar-refractivity contribution in [2.24, 2.45) is 5.92 Å². The smallest absolute Gasteiger partial charge is 0.241 e. The van der Waals surface area contributed by atoms with Crippen LogP contribution in [0.5, 0.6) is 5.75 Å². The molecule has 0 saturated heterocycles. The number of methoxy groups -OCH3 is 1. The van der Waals surface area contributed by atoms with Gasteiger partial charge >= 0.3 is 0 Å². The summed E-state index contributed by atoms with van der Waals surface area (Å²) in [4.78, 5) is 15.2. The molecule has 0 aliphatic heterocycles. The Labute approximate surface area is 202 Å².